The van der Waals surface area contributed by atoms with Crippen LogP contribution in [-0.2, 0) is 4.74 Å². The number of methoxy groups -OCH3 is 1. The average Bonchev–Trinajstić information content (AvgIpc) is 2.55. The molecule has 1 aromatic carbocycles. The first-order chi connectivity index (χ1) is 10.7. The van der Waals surface area contributed by atoms with Crippen LogP contribution in [-0.4, -0.2) is 30.8 Å². The highest BCUT2D eigenvalue weighted by molar-refractivity contribution is 7.98. The monoisotopic (exact) mass is 320 g/mol. The number of nitrogens with one attached hydrogen (secondary N) is 1. The molecule has 0 fully saturated rings. The molecule has 0 aliphatic rings. The highest BCUT2D eigenvalue weighted by Crippen LogP contribution is 2.19. The van der Waals surface area contributed by atoms with Crippen LogP contribution in [0.3, 0.4) is 0 Å². The van der Waals surface area contributed by atoms with Crippen molar-refractivity contribution in [3.05, 3.63) is 59.5 Å². The van der Waals surface area contributed by atoms with Crippen molar-refractivity contribution in [2.45, 2.75) is 11.1 Å². The quantitative estimate of drug-likeness (QED) is 0.831. The van der Waals surface area contributed by atoms with Crippen molar-refractivity contribution in [1.82, 2.24) is 10.3 Å². The Morgan fingerprint density at radius 1 is 1.41 bits per heavy atom. The second kappa shape index (κ2) is 7.91. The minimum Gasteiger partial charge on any atom is -0.375 e. The third-order valence-corrected chi connectivity index (χ3v) is 3.87. The second-order valence-electron chi connectivity index (χ2n) is 4.55. The minimum atomic E-state index is -0.408. The third kappa shape index (κ3) is 4.05. The zero-order chi connectivity index (χ0) is 15.9. The lowest BCUT2D eigenvalue weighted by molar-refractivity contribution is 0.0824. The van der Waals surface area contributed by atoms with E-state index in [1.165, 1.54) is 31.0 Å². The summed E-state index contributed by atoms with van der Waals surface area (Å²) in [5.41, 5.74) is 1.20. The number of nitrogens with zero attached hydrogens (tertiary/aromatic N) is 1. The van der Waals surface area contributed by atoms with E-state index in [1.807, 2.05) is 6.26 Å². The fourth-order valence-electron chi connectivity index (χ4n) is 2.05. The number of aromatic nitrogens is 1. The Morgan fingerprint density at radius 3 is 2.91 bits per heavy atom. The van der Waals surface area contributed by atoms with Crippen LogP contribution in [0.2, 0.25) is 0 Å². The van der Waals surface area contributed by atoms with Gasteiger partial charge >= 0.3 is 0 Å². The van der Waals surface area contributed by atoms with Gasteiger partial charge in [0.25, 0.3) is 5.91 Å². The Morgan fingerprint density at radius 2 is 2.23 bits per heavy atom. The number of rotatable bonds is 6. The molecule has 0 radical (unpaired) electrons. The van der Waals surface area contributed by atoms with Crippen molar-refractivity contribution in [2.24, 2.45) is 0 Å². The topological polar surface area (TPSA) is 51.2 Å². The van der Waals surface area contributed by atoms with Gasteiger partial charge in [0.15, 0.2) is 0 Å². The molecule has 0 bridgehead atoms. The van der Waals surface area contributed by atoms with Crippen molar-refractivity contribution in [3.8, 4) is 0 Å². The minimum absolute atomic E-state index is 0.226. The first kappa shape index (κ1) is 16.5. The fraction of sp³-hybridized carbons (Fsp3) is 0.250. The summed E-state index contributed by atoms with van der Waals surface area (Å²) in [5, 5.41) is 3.47. The molecule has 1 amide bonds. The van der Waals surface area contributed by atoms with Gasteiger partial charge in [-0.15, -0.1) is 11.8 Å². The molecule has 1 aromatic heterocycles. The van der Waals surface area contributed by atoms with Gasteiger partial charge in [0, 0.05) is 19.9 Å². The molecule has 0 aliphatic heterocycles. The summed E-state index contributed by atoms with van der Waals surface area (Å²) in [7, 11) is 1.53. The summed E-state index contributed by atoms with van der Waals surface area (Å²) in [6, 6.07) is 9.59. The van der Waals surface area contributed by atoms with Crippen LogP contribution in [0.25, 0.3) is 0 Å². The van der Waals surface area contributed by atoms with E-state index in [0.29, 0.717) is 16.2 Å². The summed E-state index contributed by atoms with van der Waals surface area (Å²) in [6.07, 6.45) is 3.10. The van der Waals surface area contributed by atoms with Crippen LogP contribution in [0.15, 0.2) is 47.6 Å². The Labute approximate surface area is 133 Å². The van der Waals surface area contributed by atoms with Crippen LogP contribution in [0.4, 0.5) is 4.39 Å². The predicted molar refractivity (Wildman–Crippen MR) is 84.5 cm³/mol. The summed E-state index contributed by atoms with van der Waals surface area (Å²) in [6.45, 7) is 0.251. The number of hydrogen-bond acceptors (Lipinski definition) is 4. The van der Waals surface area contributed by atoms with Crippen LogP contribution < -0.4 is 5.32 Å². The number of amides is 1. The molecular formula is C16H17FN2O2S. The molecule has 0 saturated carbocycles. The highest BCUT2D eigenvalue weighted by Gasteiger charge is 2.15. The Hall–Kier alpha value is -1.92. The van der Waals surface area contributed by atoms with E-state index in [2.05, 4.69) is 10.3 Å². The van der Waals surface area contributed by atoms with Gasteiger partial charge in [-0.25, -0.2) is 9.37 Å². The van der Waals surface area contributed by atoms with Crippen LogP contribution in [0, 0.1) is 5.82 Å². The predicted octanol–water partition coefficient (Wildman–Crippen LogP) is 3.06. The molecule has 6 heteroatoms. The van der Waals surface area contributed by atoms with Gasteiger partial charge in [-0.2, -0.15) is 0 Å². The van der Waals surface area contributed by atoms with E-state index >= 15 is 0 Å². The van der Waals surface area contributed by atoms with Crippen LogP contribution >= 0.6 is 11.8 Å². The maximum atomic E-state index is 13.3. The number of thioether (sulfide) groups is 1. The molecule has 2 rings (SSSR count). The molecule has 1 N–H and O–H groups in total. The maximum Gasteiger partial charge on any atom is 0.254 e. The molecule has 1 heterocycles. The van der Waals surface area contributed by atoms with Crippen molar-refractivity contribution in [3.63, 3.8) is 0 Å². The van der Waals surface area contributed by atoms with E-state index in [4.69, 9.17) is 4.74 Å². The molecule has 4 nitrogen and oxygen atoms in total. The smallest absolute Gasteiger partial charge is 0.254 e. The fourth-order valence-corrected chi connectivity index (χ4v) is 2.60. The average molecular weight is 320 g/mol. The van der Waals surface area contributed by atoms with Crippen molar-refractivity contribution >= 4 is 17.7 Å². The first-order valence-corrected chi connectivity index (χ1v) is 7.93. The Balaban J connectivity index is 2.06. The Bertz CT molecular complexity index is 652. The van der Waals surface area contributed by atoms with Gasteiger partial charge in [-0.3, -0.25) is 4.79 Å². The van der Waals surface area contributed by atoms with E-state index < -0.39 is 6.10 Å². The number of carbonyl (C=O) groups is 1. The van der Waals surface area contributed by atoms with E-state index in [-0.39, 0.29) is 18.3 Å². The summed E-state index contributed by atoms with van der Waals surface area (Å²) in [5.74, 6) is -0.557. The summed E-state index contributed by atoms with van der Waals surface area (Å²) in [4.78, 5) is 16.4. The lowest BCUT2D eigenvalue weighted by Gasteiger charge is -2.17. The van der Waals surface area contributed by atoms with E-state index in [1.54, 1.807) is 30.5 Å². The maximum absolute atomic E-state index is 13.3. The van der Waals surface area contributed by atoms with Gasteiger partial charge in [0.2, 0.25) is 0 Å². The van der Waals surface area contributed by atoms with E-state index in [0.717, 1.165) is 0 Å². The van der Waals surface area contributed by atoms with Gasteiger partial charge in [-0.1, -0.05) is 12.1 Å². The lowest BCUT2D eigenvalue weighted by atomic mass is 10.1. The standard InChI is InChI=1S/C16H17FN2O2S/c1-21-14(11-5-3-6-12(17)9-11)10-19-15(20)13-7-4-8-18-16(13)22-2/h3-9,14H,10H2,1-2H3,(H,19,20). The zero-order valence-corrected chi connectivity index (χ0v) is 13.2. The molecule has 116 valence electrons. The van der Waals surface area contributed by atoms with Crippen molar-refractivity contribution in [2.75, 3.05) is 19.9 Å². The molecule has 22 heavy (non-hydrogen) atoms. The zero-order valence-electron chi connectivity index (χ0n) is 12.4. The highest BCUT2D eigenvalue weighted by atomic mass is 32.2. The number of carbonyl (C=O) groups excluding carboxylic acids is 1. The number of halogens is 1. The normalized spacial score (nSPS) is 12.0. The van der Waals surface area contributed by atoms with Gasteiger partial charge in [-0.05, 0) is 36.1 Å². The molecule has 0 spiro atoms. The van der Waals surface area contributed by atoms with Gasteiger partial charge < -0.3 is 10.1 Å². The SMILES string of the molecule is COC(CNC(=O)c1cccnc1SC)c1cccc(F)c1. The number of ether oxygens (including phenoxy) is 1. The van der Waals surface area contributed by atoms with Crippen molar-refractivity contribution in [1.29, 1.82) is 0 Å². The largest absolute Gasteiger partial charge is 0.375 e. The summed E-state index contributed by atoms with van der Waals surface area (Å²) < 4.78 is 18.6. The molecule has 0 aliphatic carbocycles. The van der Waals surface area contributed by atoms with Crippen molar-refractivity contribution < 1.29 is 13.9 Å². The summed E-state index contributed by atoms with van der Waals surface area (Å²) >= 11 is 1.41. The lowest BCUT2D eigenvalue weighted by Crippen LogP contribution is -2.29. The number of benzene rings is 1. The second-order valence-corrected chi connectivity index (χ2v) is 5.34. The third-order valence-electron chi connectivity index (χ3n) is 3.16. The molecule has 0 saturated heterocycles. The number of pyridine rings is 1. The van der Waals surface area contributed by atoms with Crippen LogP contribution in [0.5, 0.6) is 0 Å². The number of hydrogen-bond donors (Lipinski definition) is 1. The Kier molecular flexibility index (Phi) is 5.91. The van der Waals surface area contributed by atoms with Gasteiger partial charge in [0.05, 0.1) is 11.7 Å². The molecular weight excluding hydrogens is 303 g/mol. The molecule has 2 aromatic rings. The molecule has 1 unspecified atom stereocenters. The molecule has 1 atom stereocenters. The van der Waals surface area contributed by atoms with Crippen LogP contribution in [0.1, 0.15) is 22.0 Å². The van der Waals surface area contributed by atoms with E-state index in [9.17, 15) is 9.18 Å². The first-order valence-electron chi connectivity index (χ1n) is 6.71. The van der Waals surface area contributed by atoms with Gasteiger partial charge in [0.1, 0.15) is 10.8 Å².